The largest absolute Gasteiger partial charge is 0.314 e. The molecular weight excluding hydrogens is 298 g/mol. The van der Waals surface area contributed by atoms with Crippen molar-refractivity contribution in [2.45, 2.75) is 32.2 Å². The second kappa shape index (κ2) is 10.4. The molecule has 0 unspecified atom stereocenters. The smallest absolute Gasteiger partial charge is 0.127 e. The topological polar surface area (TPSA) is 15.3 Å². The summed E-state index contributed by atoms with van der Waals surface area (Å²) in [6.07, 6.45) is 3.37. The van der Waals surface area contributed by atoms with Crippen molar-refractivity contribution in [3.8, 4) is 0 Å². The van der Waals surface area contributed by atoms with Gasteiger partial charge in [0.1, 0.15) is 5.82 Å². The molecule has 1 aromatic carbocycles. The van der Waals surface area contributed by atoms with Crippen LogP contribution in [0, 0.1) is 5.82 Å². The molecule has 0 amide bonds. The van der Waals surface area contributed by atoms with Crippen LogP contribution in [0.1, 0.15) is 37.8 Å². The van der Waals surface area contributed by atoms with E-state index in [1.165, 1.54) is 0 Å². The molecule has 1 aliphatic heterocycles. The Bertz CT molecular complexity index is 371. The van der Waals surface area contributed by atoms with E-state index < -0.39 is 0 Å². The van der Waals surface area contributed by atoms with E-state index in [-0.39, 0.29) is 36.7 Å². The highest BCUT2D eigenvalue weighted by molar-refractivity contribution is 5.85. The average molecular weight is 323 g/mol. The lowest BCUT2D eigenvalue weighted by Crippen LogP contribution is -2.45. The van der Waals surface area contributed by atoms with Crippen LogP contribution >= 0.6 is 24.8 Å². The fraction of sp³-hybridized carbons (Fsp3) is 0.600. The molecule has 0 radical (unpaired) electrons. The van der Waals surface area contributed by atoms with Gasteiger partial charge in [-0.2, -0.15) is 0 Å². The molecule has 1 fully saturated rings. The summed E-state index contributed by atoms with van der Waals surface area (Å²) in [6.45, 7) is 6.25. The molecule has 0 bridgehead atoms. The summed E-state index contributed by atoms with van der Waals surface area (Å²) in [4.78, 5) is 2.42. The Kier molecular flexibility index (Phi) is 10.2. The summed E-state index contributed by atoms with van der Waals surface area (Å²) in [5.41, 5.74) is 0.868. The zero-order valence-electron chi connectivity index (χ0n) is 12.0. The molecule has 1 heterocycles. The Morgan fingerprint density at radius 1 is 1.20 bits per heavy atom. The van der Waals surface area contributed by atoms with Crippen molar-refractivity contribution < 1.29 is 4.39 Å². The summed E-state index contributed by atoms with van der Waals surface area (Å²) in [5, 5.41) is 3.36. The highest BCUT2D eigenvalue weighted by Crippen LogP contribution is 2.28. The van der Waals surface area contributed by atoms with Gasteiger partial charge < -0.3 is 5.32 Å². The van der Waals surface area contributed by atoms with Crippen molar-refractivity contribution in [3.63, 3.8) is 0 Å². The Labute approximate surface area is 133 Å². The maximum atomic E-state index is 14.0. The Hall–Kier alpha value is -0.350. The Balaban J connectivity index is 0.00000180. The first-order valence-corrected chi connectivity index (χ1v) is 7.02. The van der Waals surface area contributed by atoms with Gasteiger partial charge in [0.05, 0.1) is 0 Å². The summed E-state index contributed by atoms with van der Waals surface area (Å²) in [7, 11) is 0. The molecule has 1 aliphatic rings. The van der Waals surface area contributed by atoms with Crippen LogP contribution in [0.25, 0.3) is 0 Å². The number of rotatable bonds is 5. The molecule has 1 N–H and O–H groups in total. The summed E-state index contributed by atoms with van der Waals surface area (Å²) in [6, 6.07) is 7.48. The van der Waals surface area contributed by atoms with Gasteiger partial charge in [0, 0.05) is 37.8 Å². The number of benzene rings is 1. The third-order valence-corrected chi connectivity index (χ3v) is 3.69. The molecular formula is C15H25Cl2FN2. The molecule has 116 valence electrons. The molecule has 0 saturated carbocycles. The number of halogens is 3. The summed E-state index contributed by atoms with van der Waals surface area (Å²) in [5.74, 6) is -0.0582. The van der Waals surface area contributed by atoms with Gasteiger partial charge in [0.2, 0.25) is 0 Å². The SMILES string of the molecule is CCCC[C@@H](c1ccccc1F)N1CCNCC1.Cl.Cl. The molecule has 5 heteroatoms. The van der Waals surface area contributed by atoms with Crippen molar-refractivity contribution >= 4 is 24.8 Å². The van der Waals surface area contributed by atoms with Crippen LogP contribution in [-0.2, 0) is 0 Å². The molecule has 1 atom stereocenters. The van der Waals surface area contributed by atoms with E-state index in [0.717, 1.165) is 51.0 Å². The standard InChI is InChI=1S/C15H23FN2.2ClH/c1-2-3-8-15(18-11-9-17-10-12-18)13-6-4-5-7-14(13)16;;/h4-7,15,17H,2-3,8-12H2,1H3;2*1H/t15-;;/m0../s1. The minimum Gasteiger partial charge on any atom is -0.314 e. The first kappa shape index (κ1) is 19.7. The summed E-state index contributed by atoms with van der Waals surface area (Å²) >= 11 is 0. The third kappa shape index (κ3) is 5.21. The van der Waals surface area contributed by atoms with Crippen molar-refractivity contribution in [2.75, 3.05) is 26.2 Å². The number of unbranched alkanes of at least 4 members (excludes halogenated alkanes) is 1. The van der Waals surface area contributed by atoms with Crippen LogP contribution in [0.2, 0.25) is 0 Å². The van der Waals surface area contributed by atoms with Gasteiger partial charge in [-0.25, -0.2) is 4.39 Å². The van der Waals surface area contributed by atoms with E-state index in [4.69, 9.17) is 0 Å². The van der Waals surface area contributed by atoms with Crippen LogP contribution in [0.5, 0.6) is 0 Å². The van der Waals surface area contributed by atoms with Crippen molar-refractivity contribution in [2.24, 2.45) is 0 Å². The normalized spacial score (nSPS) is 16.9. The molecule has 0 aromatic heterocycles. The lowest BCUT2D eigenvalue weighted by atomic mass is 9.98. The molecule has 1 saturated heterocycles. The van der Waals surface area contributed by atoms with Crippen LogP contribution < -0.4 is 5.32 Å². The Morgan fingerprint density at radius 3 is 2.45 bits per heavy atom. The second-order valence-electron chi connectivity index (χ2n) is 4.97. The van der Waals surface area contributed by atoms with Gasteiger partial charge >= 0.3 is 0 Å². The summed E-state index contributed by atoms with van der Waals surface area (Å²) < 4.78 is 14.0. The predicted octanol–water partition coefficient (Wildman–Crippen LogP) is 3.81. The van der Waals surface area contributed by atoms with Crippen molar-refractivity contribution in [3.05, 3.63) is 35.6 Å². The van der Waals surface area contributed by atoms with Gasteiger partial charge in [-0.15, -0.1) is 24.8 Å². The van der Waals surface area contributed by atoms with Crippen LogP contribution in [-0.4, -0.2) is 31.1 Å². The lowest BCUT2D eigenvalue weighted by Gasteiger charge is -2.35. The van der Waals surface area contributed by atoms with Crippen molar-refractivity contribution in [1.29, 1.82) is 0 Å². The Morgan fingerprint density at radius 2 is 1.85 bits per heavy atom. The quantitative estimate of drug-likeness (QED) is 0.886. The predicted molar refractivity (Wildman–Crippen MR) is 87.6 cm³/mol. The van der Waals surface area contributed by atoms with E-state index in [2.05, 4.69) is 17.1 Å². The molecule has 1 aromatic rings. The van der Waals surface area contributed by atoms with E-state index in [9.17, 15) is 4.39 Å². The minimum absolute atomic E-state index is 0. The highest BCUT2D eigenvalue weighted by atomic mass is 35.5. The van der Waals surface area contributed by atoms with E-state index >= 15 is 0 Å². The van der Waals surface area contributed by atoms with Gasteiger partial charge in [0.25, 0.3) is 0 Å². The number of hydrogen-bond acceptors (Lipinski definition) is 2. The van der Waals surface area contributed by atoms with Crippen LogP contribution in [0.4, 0.5) is 4.39 Å². The highest BCUT2D eigenvalue weighted by Gasteiger charge is 2.23. The first-order chi connectivity index (χ1) is 8.83. The molecule has 0 spiro atoms. The second-order valence-corrected chi connectivity index (χ2v) is 4.97. The number of nitrogens with one attached hydrogen (secondary N) is 1. The molecule has 0 aliphatic carbocycles. The van der Waals surface area contributed by atoms with E-state index in [1.54, 1.807) is 12.1 Å². The third-order valence-electron chi connectivity index (χ3n) is 3.69. The number of hydrogen-bond donors (Lipinski definition) is 1. The average Bonchev–Trinajstić information content (AvgIpc) is 2.42. The fourth-order valence-electron chi connectivity index (χ4n) is 2.67. The monoisotopic (exact) mass is 322 g/mol. The minimum atomic E-state index is -0.0582. The van der Waals surface area contributed by atoms with E-state index in [1.807, 2.05) is 12.1 Å². The molecule has 2 nitrogen and oxygen atoms in total. The maximum Gasteiger partial charge on any atom is 0.127 e. The lowest BCUT2D eigenvalue weighted by molar-refractivity contribution is 0.160. The number of nitrogens with zero attached hydrogens (tertiary/aromatic N) is 1. The fourth-order valence-corrected chi connectivity index (χ4v) is 2.67. The van der Waals surface area contributed by atoms with Crippen LogP contribution in [0.3, 0.4) is 0 Å². The van der Waals surface area contributed by atoms with Gasteiger partial charge in [-0.3, -0.25) is 4.90 Å². The van der Waals surface area contributed by atoms with Gasteiger partial charge in [-0.1, -0.05) is 38.0 Å². The van der Waals surface area contributed by atoms with Gasteiger partial charge in [-0.05, 0) is 12.5 Å². The zero-order chi connectivity index (χ0) is 12.8. The van der Waals surface area contributed by atoms with Gasteiger partial charge in [0.15, 0.2) is 0 Å². The number of piperazine rings is 1. The first-order valence-electron chi connectivity index (χ1n) is 7.02. The maximum absolute atomic E-state index is 14.0. The molecule has 20 heavy (non-hydrogen) atoms. The van der Waals surface area contributed by atoms with Crippen LogP contribution in [0.15, 0.2) is 24.3 Å². The van der Waals surface area contributed by atoms with Crippen molar-refractivity contribution in [1.82, 2.24) is 10.2 Å². The zero-order valence-corrected chi connectivity index (χ0v) is 13.6. The van der Waals surface area contributed by atoms with E-state index in [0.29, 0.717) is 0 Å². The molecule has 2 rings (SSSR count).